The van der Waals surface area contributed by atoms with Crippen LogP contribution in [0.25, 0.3) is 5.65 Å². The first-order chi connectivity index (χ1) is 13.1. The Morgan fingerprint density at radius 1 is 1.21 bits per heavy atom. The monoisotopic (exact) mass is 501 g/mol. The van der Waals surface area contributed by atoms with Crippen LogP contribution in [0.1, 0.15) is 11.4 Å². The first-order valence-electron chi connectivity index (χ1n) is 8.53. The summed E-state index contributed by atoms with van der Waals surface area (Å²) in [4.78, 5) is 8.68. The second kappa shape index (κ2) is 10.2. The van der Waals surface area contributed by atoms with Gasteiger partial charge in [-0.2, -0.15) is 0 Å². The predicted octanol–water partition coefficient (Wildman–Crippen LogP) is 3.28. The number of pyridine rings is 1. The highest BCUT2D eigenvalue weighted by molar-refractivity contribution is 14.0. The number of ether oxygens (including phenoxy) is 1. The van der Waals surface area contributed by atoms with E-state index in [4.69, 9.17) is 4.74 Å². The van der Waals surface area contributed by atoms with Crippen molar-refractivity contribution in [3.8, 4) is 5.75 Å². The Hall–Kier alpha value is -2.43. The van der Waals surface area contributed by atoms with Crippen LogP contribution in [0.3, 0.4) is 0 Å². The average molecular weight is 501 g/mol. The second-order valence-corrected chi connectivity index (χ2v) is 5.90. The Bertz CT molecular complexity index is 961. The van der Waals surface area contributed by atoms with Gasteiger partial charge in [-0.1, -0.05) is 6.07 Å². The summed E-state index contributed by atoms with van der Waals surface area (Å²) in [5.74, 6) is -0.766. The number of aromatic nitrogens is 2. The number of aryl methyl sites for hydroxylation is 1. The number of guanidine groups is 1. The van der Waals surface area contributed by atoms with Gasteiger partial charge in [-0.15, -0.1) is 24.0 Å². The molecule has 28 heavy (non-hydrogen) atoms. The van der Waals surface area contributed by atoms with Gasteiger partial charge >= 0.3 is 0 Å². The molecule has 3 rings (SSSR count). The normalized spacial score (nSPS) is 11.2. The van der Waals surface area contributed by atoms with Crippen molar-refractivity contribution in [3.05, 3.63) is 65.6 Å². The highest BCUT2D eigenvalue weighted by atomic mass is 127. The number of hydrogen-bond donors (Lipinski definition) is 2. The summed E-state index contributed by atoms with van der Waals surface area (Å²) in [6.07, 6.45) is 1.98. The van der Waals surface area contributed by atoms with Crippen molar-refractivity contribution in [3.63, 3.8) is 0 Å². The summed E-state index contributed by atoms with van der Waals surface area (Å²) in [5.41, 5.74) is 2.89. The van der Waals surface area contributed by atoms with Crippen LogP contribution in [0.4, 0.5) is 8.78 Å². The smallest absolute Gasteiger partial charge is 0.191 e. The minimum Gasteiger partial charge on any atom is -0.489 e. The van der Waals surface area contributed by atoms with Gasteiger partial charge in [0.1, 0.15) is 18.1 Å². The van der Waals surface area contributed by atoms with Crippen LogP contribution in [0, 0.1) is 18.6 Å². The number of nitrogens with zero attached hydrogens (tertiary/aromatic N) is 3. The van der Waals surface area contributed by atoms with Gasteiger partial charge in [0.05, 0.1) is 18.8 Å². The first-order valence-corrected chi connectivity index (χ1v) is 8.53. The number of halogens is 3. The molecule has 6 nitrogen and oxygen atoms in total. The van der Waals surface area contributed by atoms with Crippen LogP contribution in [0.5, 0.6) is 5.75 Å². The van der Waals surface area contributed by atoms with E-state index < -0.39 is 11.6 Å². The zero-order valence-corrected chi connectivity index (χ0v) is 17.9. The third-order valence-corrected chi connectivity index (χ3v) is 3.95. The van der Waals surface area contributed by atoms with Crippen molar-refractivity contribution in [1.29, 1.82) is 0 Å². The topological polar surface area (TPSA) is 63.0 Å². The molecule has 0 amide bonds. The molecule has 0 aliphatic heterocycles. The summed E-state index contributed by atoms with van der Waals surface area (Å²) in [7, 11) is 1.66. The van der Waals surface area contributed by atoms with E-state index in [1.54, 1.807) is 7.05 Å². The molecule has 0 unspecified atom stereocenters. The van der Waals surface area contributed by atoms with E-state index in [1.807, 2.05) is 35.7 Å². The number of hydrogen-bond acceptors (Lipinski definition) is 3. The van der Waals surface area contributed by atoms with Crippen molar-refractivity contribution in [2.75, 3.05) is 20.2 Å². The molecule has 0 fully saturated rings. The minimum absolute atomic E-state index is 0. The fourth-order valence-corrected chi connectivity index (χ4v) is 2.60. The van der Waals surface area contributed by atoms with Crippen LogP contribution < -0.4 is 15.4 Å². The second-order valence-electron chi connectivity index (χ2n) is 5.90. The predicted molar refractivity (Wildman–Crippen MR) is 115 cm³/mol. The number of imidazole rings is 1. The van der Waals surface area contributed by atoms with Gasteiger partial charge in [0.15, 0.2) is 17.5 Å². The van der Waals surface area contributed by atoms with E-state index in [2.05, 4.69) is 20.6 Å². The molecule has 0 atom stereocenters. The molecular weight excluding hydrogens is 479 g/mol. The number of benzene rings is 1. The molecule has 1 aromatic carbocycles. The van der Waals surface area contributed by atoms with Crippen LogP contribution in [0.15, 0.2) is 47.6 Å². The lowest BCUT2D eigenvalue weighted by molar-refractivity contribution is 0.304. The molecular formula is C19H22F2IN5O. The van der Waals surface area contributed by atoms with Crippen molar-refractivity contribution in [1.82, 2.24) is 20.0 Å². The van der Waals surface area contributed by atoms with Gasteiger partial charge in [-0.25, -0.2) is 13.8 Å². The molecule has 150 valence electrons. The Balaban J connectivity index is 0.00000280. The summed E-state index contributed by atoms with van der Waals surface area (Å²) in [5, 5.41) is 6.24. The first kappa shape index (κ1) is 21.9. The maximum Gasteiger partial charge on any atom is 0.191 e. The highest BCUT2D eigenvalue weighted by Crippen LogP contribution is 2.17. The summed E-state index contributed by atoms with van der Waals surface area (Å²) in [6.45, 7) is 3.14. The van der Waals surface area contributed by atoms with Crippen LogP contribution >= 0.6 is 24.0 Å². The molecule has 2 aromatic heterocycles. The summed E-state index contributed by atoms with van der Waals surface area (Å²) >= 11 is 0. The number of nitrogens with one attached hydrogen (secondary N) is 2. The third kappa shape index (κ3) is 5.54. The molecule has 3 aromatic rings. The SMILES string of the molecule is CN=C(NCCOc1ccc(F)cc1F)NCc1cn2c(C)cccc2n1.I. The van der Waals surface area contributed by atoms with Crippen molar-refractivity contribution in [2.24, 2.45) is 4.99 Å². The quantitative estimate of drug-likeness (QED) is 0.236. The van der Waals surface area contributed by atoms with Crippen molar-refractivity contribution in [2.45, 2.75) is 13.5 Å². The summed E-state index contributed by atoms with van der Waals surface area (Å²) in [6, 6.07) is 9.16. The molecule has 0 bridgehead atoms. The van der Waals surface area contributed by atoms with Gasteiger partial charge in [0, 0.05) is 25.0 Å². The van der Waals surface area contributed by atoms with E-state index in [0.717, 1.165) is 29.2 Å². The standard InChI is InChI=1S/C19H21F2N5O.HI/c1-13-4-3-5-18-25-15(12-26(13)18)11-24-19(22-2)23-8-9-27-17-7-6-14(20)10-16(17)21;/h3-7,10,12H,8-9,11H2,1-2H3,(H2,22,23,24);1H. The van der Waals surface area contributed by atoms with Gasteiger partial charge in [-0.05, 0) is 31.2 Å². The molecule has 0 radical (unpaired) electrons. The van der Waals surface area contributed by atoms with E-state index >= 15 is 0 Å². The molecule has 0 saturated heterocycles. The highest BCUT2D eigenvalue weighted by Gasteiger charge is 2.06. The van der Waals surface area contributed by atoms with Crippen LogP contribution in [0.2, 0.25) is 0 Å². The third-order valence-electron chi connectivity index (χ3n) is 3.95. The van der Waals surface area contributed by atoms with Crippen molar-refractivity contribution >= 4 is 35.6 Å². The van der Waals surface area contributed by atoms with Gasteiger partial charge in [-0.3, -0.25) is 4.99 Å². The maximum absolute atomic E-state index is 13.5. The van der Waals surface area contributed by atoms with E-state index in [0.29, 0.717) is 19.0 Å². The Kier molecular flexibility index (Phi) is 7.97. The largest absolute Gasteiger partial charge is 0.489 e. The zero-order chi connectivity index (χ0) is 19.2. The molecule has 2 heterocycles. The molecule has 2 N–H and O–H groups in total. The molecule has 0 aliphatic carbocycles. The lowest BCUT2D eigenvalue weighted by Crippen LogP contribution is -2.39. The van der Waals surface area contributed by atoms with Gasteiger partial charge in [0.25, 0.3) is 0 Å². The molecule has 0 saturated carbocycles. The zero-order valence-electron chi connectivity index (χ0n) is 15.6. The average Bonchev–Trinajstić information content (AvgIpc) is 3.07. The summed E-state index contributed by atoms with van der Waals surface area (Å²) < 4.78 is 33.7. The van der Waals surface area contributed by atoms with Gasteiger partial charge < -0.3 is 19.8 Å². The lowest BCUT2D eigenvalue weighted by atomic mass is 10.3. The van der Waals surface area contributed by atoms with Crippen LogP contribution in [-0.2, 0) is 6.54 Å². The molecule has 0 aliphatic rings. The van der Waals surface area contributed by atoms with Crippen molar-refractivity contribution < 1.29 is 13.5 Å². The maximum atomic E-state index is 13.5. The lowest BCUT2D eigenvalue weighted by Gasteiger charge is -2.12. The minimum atomic E-state index is -0.723. The van der Waals surface area contributed by atoms with E-state index in [-0.39, 0.29) is 36.3 Å². The Morgan fingerprint density at radius 2 is 2.04 bits per heavy atom. The fourth-order valence-electron chi connectivity index (χ4n) is 2.60. The number of fused-ring (bicyclic) bond motifs is 1. The Labute approximate surface area is 179 Å². The van der Waals surface area contributed by atoms with E-state index in [9.17, 15) is 8.78 Å². The Morgan fingerprint density at radius 3 is 2.75 bits per heavy atom. The fraction of sp³-hybridized carbons (Fsp3) is 0.263. The molecule has 0 spiro atoms. The van der Waals surface area contributed by atoms with Gasteiger partial charge in [0.2, 0.25) is 0 Å². The van der Waals surface area contributed by atoms with Crippen LogP contribution in [-0.4, -0.2) is 35.5 Å². The number of aliphatic imine (C=N–C) groups is 1. The number of rotatable bonds is 6. The molecule has 9 heteroatoms. The van der Waals surface area contributed by atoms with E-state index in [1.165, 1.54) is 6.07 Å².